The van der Waals surface area contributed by atoms with E-state index in [1.54, 1.807) is 24.3 Å². The number of amides is 2. The molecule has 3 N–H and O–H groups in total. The molecule has 114 valence electrons. The monoisotopic (exact) mass is 292 g/mol. The fourth-order valence-corrected chi connectivity index (χ4v) is 2.36. The molecule has 6 heteroatoms. The summed E-state index contributed by atoms with van der Waals surface area (Å²) < 4.78 is 5.43. The van der Waals surface area contributed by atoms with Crippen LogP contribution < -0.4 is 10.6 Å². The van der Waals surface area contributed by atoms with E-state index in [9.17, 15) is 9.59 Å². The fourth-order valence-electron chi connectivity index (χ4n) is 2.36. The number of anilines is 1. The zero-order chi connectivity index (χ0) is 15.2. The molecule has 1 aromatic carbocycles. The Balaban J connectivity index is 1.84. The van der Waals surface area contributed by atoms with E-state index >= 15 is 0 Å². The second kappa shape index (κ2) is 7.08. The number of benzene rings is 1. The van der Waals surface area contributed by atoms with Crippen LogP contribution in [0.2, 0.25) is 0 Å². The molecule has 1 aliphatic carbocycles. The molecule has 0 spiro atoms. The summed E-state index contributed by atoms with van der Waals surface area (Å²) in [6, 6.07) is 6.70. The van der Waals surface area contributed by atoms with Gasteiger partial charge in [0.1, 0.15) is 0 Å². The molecule has 2 amide bonds. The Hall–Kier alpha value is -2.08. The van der Waals surface area contributed by atoms with Crippen molar-refractivity contribution in [2.45, 2.75) is 38.3 Å². The van der Waals surface area contributed by atoms with Crippen LogP contribution in [0, 0.1) is 0 Å². The van der Waals surface area contributed by atoms with E-state index in [4.69, 9.17) is 9.84 Å². The average molecular weight is 292 g/mol. The maximum absolute atomic E-state index is 11.9. The second-order valence-corrected chi connectivity index (χ2v) is 5.07. The third kappa shape index (κ3) is 4.46. The van der Waals surface area contributed by atoms with Crippen LogP contribution in [0.3, 0.4) is 0 Å². The number of para-hydroxylation sites is 1. The van der Waals surface area contributed by atoms with Crippen molar-refractivity contribution in [3.05, 3.63) is 29.8 Å². The van der Waals surface area contributed by atoms with Crippen molar-refractivity contribution >= 4 is 17.7 Å². The second-order valence-electron chi connectivity index (χ2n) is 5.07. The zero-order valence-corrected chi connectivity index (χ0v) is 12.0. The van der Waals surface area contributed by atoms with Gasteiger partial charge >= 0.3 is 12.0 Å². The molecule has 1 saturated carbocycles. The predicted octanol–water partition coefficient (Wildman–Crippen LogP) is 2.00. The Morgan fingerprint density at radius 3 is 2.71 bits per heavy atom. The summed E-state index contributed by atoms with van der Waals surface area (Å²) in [4.78, 5) is 22.7. The lowest BCUT2D eigenvalue weighted by Crippen LogP contribution is -2.49. The summed E-state index contributed by atoms with van der Waals surface area (Å²) in [7, 11) is 0. The van der Waals surface area contributed by atoms with Gasteiger partial charge in [-0.05, 0) is 31.4 Å². The number of ether oxygens (including phenoxy) is 1. The highest BCUT2D eigenvalue weighted by Gasteiger charge is 2.30. The van der Waals surface area contributed by atoms with Gasteiger partial charge in [-0.1, -0.05) is 18.2 Å². The Bertz CT molecular complexity index is 512. The predicted molar refractivity (Wildman–Crippen MR) is 78.4 cm³/mol. The molecule has 0 bridgehead atoms. The van der Waals surface area contributed by atoms with E-state index in [1.165, 1.54) is 0 Å². The van der Waals surface area contributed by atoms with Gasteiger partial charge in [0.15, 0.2) is 0 Å². The Kier molecular flexibility index (Phi) is 5.16. The van der Waals surface area contributed by atoms with Crippen molar-refractivity contribution in [2.75, 3.05) is 11.9 Å². The molecule has 0 unspecified atom stereocenters. The summed E-state index contributed by atoms with van der Waals surface area (Å²) in [5.41, 5.74) is 1.11. The minimum Gasteiger partial charge on any atom is -0.481 e. The van der Waals surface area contributed by atoms with Crippen molar-refractivity contribution in [1.29, 1.82) is 0 Å². The molecule has 0 aromatic heterocycles. The minimum atomic E-state index is -0.928. The molecular weight excluding hydrogens is 272 g/mol. The highest BCUT2D eigenvalue weighted by atomic mass is 16.5. The van der Waals surface area contributed by atoms with Crippen LogP contribution in [-0.2, 0) is 16.0 Å². The van der Waals surface area contributed by atoms with Crippen molar-refractivity contribution in [1.82, 2.24) is 5.32 Å². The topological polar surface area (TPSA) is 87.7 Å². The smallest absolute Gasteiger partial charge is 0.319 e. The first-order valence-electron chi connectivity index (χ1n) is 7.07. The van der Waals surface area contributed by atoms with Crippen molar-refractivity contribution < 1.29 is 19.4 Å². The number of nitrogens with one attached hydrogen (secondary N) is 2. The summed E-state index contributed by atoms with van der Waals surface area (Å²) in [6.45, 7) is 2.64. The van der Waals surface area contributed by atoms with E-state index in [2.05, 4.69) is 10.6 Å². The van der Waals surface area contributed by atoms with Gasteiger partial charge in [0.2, 0.25) is 0 Å². The van der Waals surface area contributed by atoms with Crippen LogP contribution in [-0.4, -0.2) is 35.9 Å². The zero-order valence-electron chi connectivity index (χ0n) is 12.0. The molecule has 1 fully saturated rings. The molecule has 1 aliphatic rings. The van der Waals surface area contributed by atoms with E-state index < -0.39 is 5.97 Å². The normalized spacial score (nSPS) is 20.4. The first-order chi connectivity index (χ1) is 10.1. The van der Waals surface area contributed by atoms with E-state index in [0.29, 0.717) is 17.9 Å². The molecular formula is C15H20N2O4. The molecule has 0 atom stereocenters. The Labute approximate surface area is 123 Å². The van der Waals surface area contributed by atoms with Crippen LogP contribution in [0.25, 0.3) is 0 Å². The maximum atomic E-state index is 11.9. The average Bonchev–Trinajstić information content (AvgIpc) is 2.38. The SMILES string of the molecule is CCOC1CC(NC(=O)Nc2ccccc2CC(=O)O)C1. The van der Waals surface area contributed by atoms with Gasteiger partial charge in [0.05, 0.1) is 12.5 Å². The van der Waals surface area contributed by atoms with E-state index in [1.807, 2.05) is 6.92 Å². The third-order valence-corrected chi connectivity index (χ3v) is 3.44. The lowest BCUT2D eigenvalue weighted by molar-refractivity contribution is -0.136. The standard InChI is InChI=1S/C15H20N2O4/c1-2-21-12-8-11(9-12)16-15(20)17-13-6-4-3-5-10(13)7-14(18)19/h3-6,11-12H,2,7-9H2,1H3,(H,18,19)(H2,16,17,20). The summed E-state index contributed by atoms with van der Waals surface area (Å²) in [5.74, 6) is -0.928. The van der Waals surface area contributed by atoms with Gasteiger partial charge in [-0.2, -0.15) is 0 Å². The summed E-state index contributed by atoms with van der Waals surface area (Å²) in [6.07, 6.45) is 1.75. The van der Waals surface area contributed by atoms with Crippen LogP contribution in [0.5, 0.6) is 0 Å². The van der Waals surface area contributed by atoms with E-state index in [0.717, 1.165) is 12.8 Å². The largest absolute Gasteiger partial charge is 0.481 e. The lowest BCUT2D eigenvalue weighted by atomic mass is 9.89. The van der Waals surface area contributed by atoms with Crippen LogP contribution in [0.4, 0.5) is 10.5 Å². The number of aliphatic carboxylic acids is 1. The summed E-state index contributed by atoms with van der Waals surface area (Å²) >= 11 is 0. The van der Waals surface area contributed by atoms with Crippen molar-refractivity contribution in [3.8, 4) is 0 Å². The van der Waals surface area contributed by atoms with Crippen LogP contribution >= 0.6 is 0 Å². The van der Waals surface area contributed by atoms with E-state index in [-0.39, 0.29) is 24.6 Å². The molecule has 2 rings (SSSR count). The fraction of sp³-hybridized carbons (Fsp3) is 0.467. The molecule has 21 heavy (non-hydrogen) atoms. The Morgan fingerprint density at radius 2 is 2.05 bits per heavy atom. The van der Waals surface area contributed by atoms with Gasteiger partial charge in [-0.25, -0.2) is 4.79 Å². The number of carboxylic acids is 1. The Morgan fingerprint density at radius 1 is 1.33 bits per heavy atom. The van der Waals surface area contributed by atoms with Crippen LogP contribution in [0.1, 0.15) is 25.3 Å². The number of hydrogen-bond donors (Lipinski definition) is 3. The molecule has 0 saturated heterocycles. The number of hydrogen-bond acceptors (Lipinski definition) is 3. The number of carbonyl (C=O) groups is 2. The molecule has 0 heterocycles. The quantitative estimate of drug-likeness (QED) is 0.748. The van der Waals surface area contributed by atoms with Crippen molar-refractivity contribution in [3.63, 3.8) is 0 Å². The minimum absolute atomic E-state index is 0.119. The number of carbonyl (C=O) groups excluding carboxylic acids is 1. The maximum Gasteiger partial charge on any atom is 0.319 e. The number of rotatable bonds is 6. The number of urea groups is 1. The molecule has 6 nitrogen and oxygen atoms in total. The molecule has 0 radical (unpaired) electrons. The lowest BCUT2D eigenvalue weighted by Gasteiger charge is -2.35. The summed E-state index contributed by atoms with van der Waals surface area (Å²) in [5, 5.41) is 14.4. The highest BCUT2D eigenvalue weighted by Crippen LogP contribution is 2.23. The van der Waals surface area contributed by atoms with Crippen LogP contribution in [0.15, 0.2) is 24.3 Å². The van der Waals surface area contributed by atoms with Gasteiger partial charge in [0.25, 0.3) is 0 Å². The first-order valence-corrected chi connectivity index (χ1v) is 7.07. The third-order valence-electron chi connectivity index (χ3n) is 3.44. The van der Waals surface area contributed by atoms with Gasteiger partial charge in [-0.15, -0.1) is 0 Å². The van der Waals surface area contributed by atoms with Gasteiger partial charge < -0.3 is 20.5 Å². The molecule has 0 aliphatic heterocycles. The highest BCUT2D eigenvalue weighted by molar-refractivity contribution is 5.91. The molecule has 1 aromatic rings. The van der Waals surface area contributed by atoms with Crippen molar-refractivity contribution in [2.24, 2.45) is 0 Å². The first kappa shape index (κ1) is 15.3. The van der Waals surface area contributed by atoms with Gasteiger partial charge in [0, 0.05) is 18.3 Å². The van der Waals surface area contributed by atoms with Gasteiger partial charge in [-0.3, -0.25) is 4.79 Å². The number of carboxylic acid groups (broad SMARTS) is 1.